The Bertz CT molecular complexity index is 1220. The van der Waals surface area contributed by atoms with E-state index in [0.29, 0.717) is 0 Å². The minimum Gasteiger partial charge on any atom is -0.388 e. The van der Waals surface area contributed by atoms with E-state index in [2.05, 4.69) is 0 Å². The van der Waals surface area contributed by atoms with Crippen LogP contribution >= 0.6 is 0 Å². The van der Waals surface area contributed by atoms with Crippen LogP contribution in [-0.4, -0.2) is 59.1 Å². The smallest absolute Gasteiger partial charge is 0.262 e. The van der Waals surface area contributed by atoms with Gasteiger partial charge in [-0.25, -0.2) is 0 Å². The van der Waals surface area contributed by atoms with Crippen molar-refractivity contribution in [1.82, 2.24) is 4.90 Å². The van der Waals surface area contributed by atoms with E-state index in [0.717, 1.165) is 16.0 Å². The first-order valence-electron chi connectivity index (χ1n) is 11.9. The number of ether oxygens (including phenoxy) is 4. The van der Waals surface area contributed by atoms with Gasteiger partial charge in [0, 0.05) is 5.56 Å². The molecular formula is C28H25NO7. The number of carbonyl (C=O) groups is 2. The van der Waals surface area contributed by atoms with Gasteiger partial charge in [0.1, 0.15) is 24.4 Å². The van der Waals surface area contributed by atoms with Gasteiger partial charge in [0.15, 0.2) is 12.6 Å². The molecule has 0 aromatic heterocycles. The van der Waals surface area contributed by atoms with E-state index in [1.165, 1.54) is 0 Å². The zero-order valence-corrected chi connectivity index (χ0v) is 19.3. The van der Waals surface area contributed by atoms with E-state index in [1.54, 1.807) is 24.3 Å². The Balaban J connectivity index is 1.31. The molecule has 0 saturated carbocycles. The van der Waals surface area contributed by atoms with Crippen molar-refractivity contribution in [3.05, 3.63) is 107 Å². The fraction of sp³-hybridized carbons (Fsp3) is 0.286. The topological polar surface area (TPSA) is 94.5 Å². The Labute approximate surface area is 208 Å². The average molecular weight is 488 g/mol. The number of carbonyl (C=O) groups excluding carboxylic acids is 2. The van der Waals surface area contributed by atoms with Gasteiger partial charge in [-0.1, -0.05) is 72.8 Å². The number of rotatable bonds is 5. The highest BCUT2D eigenvalue weighted by Crippen LogP contribution is 2.38. The third-order valence-electron chi connectivity index (χ3n) is 6.79. The van der Waals surface area contributed by atoms with Crippen molar-refractivity contribution in [3.8, 4) is 0 Å². The van der Waals surface area contributed by atoms with Gasteiger partial charge in [-0.05, 0) is 17.7 Å². The Hall–Kier alpha value is -3.40. The number of aliphatic hydroxyl groups is 1. The first-order valence-corrected chi connectivity index (χ1v) is 11.9. The fourth-order valence-corrected chi connectivity index (χ4v) is 5.00. The quantitative estimate of drug-likeness (QED) is 0.553. The predicted molar refractivity (Wildman–Crippen MR) is 127 cm³/mol. The molecule has 8 heteroatoms. The van der Waals surface area contributed by atoms with Crippen LogP contribution in [0.3, 0.4) is 0 Å². The number of imide groups is 1. The largest absolute Gasteiger partial charge is 0.388 e. The SMILES string of the molecule is O=C1c2ccccc2C(=O)N1[C@H]1C(OCc2ccccc2)O[C@@H]2COC(c3ccccc3)O[C@H]2[C@H]1O. The van der Waals surface area contributed by atoms with Gasteiger partial charge < -0.3 is 24.1 Å². The van der Waals surface area contributed by atoms with Crippen LogP contribution in [0, 0.1) is 0 Å². The van der Waals surface area contributed by atoms with E-state index < -0.39 is 48.7 Å². The highest BCUT2D eigenvalue weighted by atomic mass is 16.7. The second kappa shape index (κ2) is 9.57. The molecule has 2 amide bonds. The summed E-state index contributed by atoms with van der Waals surface area (Å²) in [6.07, 6.45) is -4.54. The zero-order chi connectivity index (χ0) is 24.6. The lowest BCUT2D eigenvalue weighted by Gasteiger charge is -2.49. The van der Waals surface area contributed by atoms with Crippen LogP contribution in [0.2, 0.25) is 0 Å². The molecule has 3 aliphatic heterocycles. The third kappa shape index (κ3) is 4.03. The number of aliphatic hydroxyl groups excluding tert-OH is 1. The summed E-state index contributed by atoms with van der Waals surface area (Å²) in [6, 6.07) is 24.3. The second-order valence-corrected chi connectivity index (χ2v) is 9.02. The van der Waals surface area contributed by atoms with Crippen molar-refractivity contribution in [3.63, 3.8) is 0 Å². The Morgan fingerprint density at radius 2 is 1.44 bits per heavy atom. The van der Waals surface area contributed by atoms with E-state index >= 15 is 0 Å². The first-order chi connectivity index (χ1) is 17.6. The van der Waals surface area contributed by atoms with Gasteiger partial charge in [0.25, 0.3) is 11.8 Å². The maximum Gasteiger partial charge on any atom is 0.262 e. The van der Waals surface area contributed by atoms with Gasteiger partial charge in [0.05, 0.1) is 24.3 Å². The van der Waals surface area contributed by atoms with Crippen molar-refractivity contribution < 1.29 is 33.6 Å². The monoisotopic (exact) mass is 487 g/mol. The molecular weight excluding hydrogens is 462 g/mol. The minimum absolute atomic E-state index is 0.154. The van der Waals surface area contributed by atoms with Crippen molar-refractivity contribution in [2.45, 2.75) is 43.5 Å². The standard InChI is InChI=1S/C28H25NO7/c30-23-22(29-25(31)19-13-7-8-14-20(19)26(29)32)28(33-15-17-9-3-1-4-10-17)35-21-16-34-27(36-24(21)23)18-11-5-2-6-12-18/h1-14,21-24,27-28,30H,15-16H2/t21-,22-,23+,24-,27?,28?/m1/s1. The molecule has 0 spiro atoms. The molecule has 184 valence electrons. The molecule has 0 bridgehead atoms. The Morgan fingerprint density at radius 3 is 2.11 bits per heavy atom. The molecule has 2 unspecified atom stereocenters. The van der Waals surface area contributed by atoms with Crippen LogP contribution < -0.4 is 0 Å². The lowest BCUT2D eigenvalue weighted by molar-refractivity contribution is -0.350. The summed E-state index contributed by atoms with van der Waals surface area (Å²) in [6.45, 7) is 0.324. The number of benzene rings is 3. The Kier molecular flexibility index (Phi) is 6.12. The maximum absolute atomic E-state index is 13.3. The highest BCUT2D eigenvalue weighted by molar-refractivity contribution is 6.21. The fourth-order valence-electron chi connectivity index (χ4n) is 5.00. The summed E-state index contributed by atoms with van der Waals surface area (Å²) >= 11 is 0. The van der Waals surface area contributed by atoms with Crippen molar-refractivity contribution in [2.75, 3.05) is 6.61 Å². The summed E-state index contributed by atoms with van der Waals surface area (Å²) in [5.74, 6) is -0.997. The molecule has 3 aromatic carbocycles. The number of fused-ring (bicyclic) bond motifs is 2. The van der Waals surface area contributed by atoms with Crippen LogP contribution in [0.4, 0.5) is 0 Å². The molecule has 3 aliphatic rings. The second-order valence-electron chi connectivity index (χ2n) is 9.02. The maximum atomic E-state index is 13.3. The predicted octanol–water partition coefficient (Wildman–Crippen LogP) is 3.07. The highest BCUT2D eigenvalue weighted by Gasteiger charge is 2.55. The van der Waals surface area contributed by atoms with Gasteiger partial charge in [-0.2, -0.15) is 0 Å². The molecule has 2 saturated heterocycles. The van der Waals surface area contributed by atoms with Crippen molar-refractivity contribution in [1.29, 1.82) is 0 Å². The van der Waals surface area contributed by atoms with E-state index in [1.807, 2.05) is 60.7 Å². The van der Waals surface area contributed by atoms with E-state index in [-0.39, 0.29) is 24.3 Å². The number of nitrogens with zero attached hydrogens (tertiary/aromatic N) is 1. The minimum atomic E-state index is -1.26. The van der Waals surface area contributed by atoms with Crippen LogP contribution in [0.25, 0.3) is 0 Å². The zero-order valence-electron chi connectivity index (χ0n) is 19.3. The summed E-state index contributed by atoms with van der Waals surface area (Å²) < 4.78 is 24.3. The molecule has 0 radical (unpaired) electrons. The molecule has 3 heterocycles. The van der Waals surface area contributed by atoms with Crippen molar-refractivity contribution >= 4 is 11.8 Å². The van der Waals surface area contributed by atoms with Crippen molar-refractivity contribution in [2.24, 2.45) is 0 Å². The molecule has 3 aromatic rings. The lowest BCUT2D eigenvalue weighted by Crippen LogP contribution is -2.67. The molecule has 8 nitrogen and oxygen atoms in total. The van der Waals surface area contributed by atoms with Gasteiger partial charge in [-0.3, -0.25) is 14.5 Å². The van der Waals surface area contributed by atoms with Crippen LogP contribution in [0.1, 0.15) is 38.1 Å². The van der Waals surface area contributed by atoms with Gasteiger partial charge >= 0.3 is 0 Å². The molecule has 6 atom stereocenters. The molecule has 0 aliphatic carbocycles. The molecule has 2 fully saturated rings. The summed E-state index contributed by atoms with van der Waals surface area (Å²) in [5.41, 5.74) is 2.25. The summed E-state index contributed by atoms with van der Waals surface area (Å²) in [5, 5.41) is 11.6. The van der Waals surface area contributed by atoms with Crippen LogP contribution in [-0.2, 0) is 25.6 Å². The Morgan fingerprint density at radius 1 is 0.833 bits per heavy atom. The van der Waals surface area contributed by atoms with Gasteiger partial charge in [0.2, 0.25) is 0 Å². The third-order valence-corrected chi connectivity index (χ3v) is 6.79. The molecule has 6 rings (SSSR count). The van der Waals surface area contributed by atoms with E-state index in [4.69, 9.17) is 18.9 Å². The first kappa shape index (κ1) is 23.0. The van der Waals surface area contributed by atoms with Gasteiger partial charge in [-0.15, -0.1) is 0 Å². The van der Waals surface area contributed by atoms with Crippen LogP contribution in [0.5, 0.6) is 0 Å². The number of amides is 2. The summed E-state index contributed by atoms with van der Waals surface area (Å²) in [7, 11) is 0. The molecule has 36 heavy (non-hydrogen) atoms. The molecule has 1 N–H and O–H groups in total. The average Bonchev–Trinajstić information content (AvgIpc) is 3.18. The normalized spacial score (nSPS) is 29.6. The lowest BCUT2D eigenvalue weighted by atomic mass is 9.94. The van der Waals surface area contributed by atoms with Crippen LogP contribution in [0.15, 0.2) is 84.9 Å². The summed E-state index contributed by atoms with van der Waals surface area (Å²) in [4.78, 5) is 27.7. The number of hydrogen-bond acceptors (Lipinski definition) is 7. The van der Waals surface area contributed by atoms with E-state index in [9.17, 15) is 14.7 Å². The number of hydrogen-bond donors (Lipinski definition) is 1.